The average molecular weight is 405 g/mol. The number of alkyl halides is 2. The molecular weight excluding hydrogens is 371 g/mol. The molecule has 0 aromatic rings. The number of aliphatic hydroxyl groups is 2. The molecule has 0 radical (unpaired) electrons. The number of rotatable bonds is 12. The molecule has 6 heteroatoms. The number of carbonyl (C=O) groups is 1. The van der Waals surface area contributed by atoms with Crippen molar-refractivity contribution in [2.75, 3.05) is 7.11 Å². The molecule has 2 N–H and O–H groups in total. The molecule has 1 unspecified atom stereocenters. The Morgan fingerprint density at radius 3 is 2.78 bits per heavy atom. The number of methoxy groups -OCH3 is 1. The van der Waals surface area contributed by atoms with Gasteiger partial charge in [0.25, 0.3) is 0 Å². The van der Waals surface area contributed by atoms with E-state index in [-0.39, 0.29) is 23.2 Å². The predicted octanol–water partition coefficient (Wildman–Crippen LogP) is 4.33. The molecule has 27 heavy (non-hydrogen) atoms. The van der Waals surface area contributed by atoms with E-state index in [1.165, 1.54) is 13.2 Å². The van der Waals surface area contributed by atoms with E-state index in [2.05, 4.69) is 4.74 Å². The molecule has 0 bridgehead atoms. The third-order valence-electron chi connectivity index (χ3n) is 5.16. The topological polar surface area (TPSA) is 66.8 Å². The summed E-state index contributed by atoms with van der Waals surface area (Å²) in [4.78, 5) is 11.1. The van der Waals surface area contributed by atoms with Crippen molar-refractivity contribution in [1.29, 1.82) is 0 Å². The number of ether oxygens (including phenoxy) is 1. The summed E-state index contributed by atoms with van der Waals surface area (Å²) in [6, 6.07) is 0. The lowest BCUT2D eigenvalue weighted by Gasteiger charge is -2.20. The maximum Gasteiger partial charge on any atom is 0.305 e. The van der Waals surface area contributed by atoms with Crippen LogP contribution in [0.1, 0.15) is 58.3 Å². The second-order valence-electron chi connectivity index (χ2n) is 7.27. The molecule has 0 aromatic carbocycles. The van der Waals surface area contributed by atoms with E-state index in [1.807, 2.05) is 19.1 Å². The minimum absolute atomic E-state index is 0.0377. The van der Waals surface area contributed by atoms with Crippen molar-refractivity contribution in [2.45, 2.75) is 82.0 Å². The van der Waals surface area contributed by atoms with Crippen LogP contribution in [0.2, 0.25) is 0 Å². The van der Waals surface area contributed by atoms with Gasteiger partial charge in [0.05, 0.1) is 13.2 Å². The van der Waals surface area contributed by atoms with Crippen LogP contribution in [0.5, 0.6) is 0 Å². The van der Waals surface area contributed by atoms with Gasteiger partial charge in [0.15, 0.2) is 0 Å². The minimum Gasteiger partial charge on any atom is -0.469 e. The Labute approximate surface area is 167 Å². The lowest BCUT2D eigenvalue weighted by Crippen LogP contribution is -2.22. The second-order valence-corrected chi connectivity index (χ2v) is 7.83. The van der Waals surface area contributed by atoms with Gasteiger partial charge in [-0.05, 0) is 38.0 Å². The van der Waals surface area contributed by atoms with Crippen LogP contribution in [0, 0.1) is 11.8 Å². The summed E-state index contributed by atoms with van der Waals surface area (Å²) in [6.07, 6.45) is 9.27. The van der Waals surface area contributed by atoms with Gasteiger partial charge in [-0.2, -0.15) is 0 Å². The first-order valence-corrected chi connectivity index (χ1v) is 10.4. The van der Waals surface area contributed by atoms with Crippen LogP contribution in [0.4, 0.5) is 4.39 Å². The summed E-state index contributed by atoms with van der Waals surface area (Å²) in [7, 11) is 1.38. The minimum atomic E-state index is -1.28. The van der Waals surface area contributed by atoms with Crippen molar-refractivity contribution in [1.82, 2.24) is 0 Å². The summed E-state index contributed by atoms with van der Waals surface area (Å²) >= 11 is 6.39. The van der Waals surface area contributed by atoms with Gasteiger partial charge >= 0.3 is 5.97 Å². The van der Waals surface area contributed by atoms with Crippen molar-refractivity contribution in [2.24, 2.45) is 11.8 Å². The Bertz CT molecular complexity index is 483. The Balaban J connectivity index is 2.51. The number of hydrogen-bond donors (Lipinski definition) is 2. The molecule has 1 fully saturated rings. The van der Waals surface area contributed by atoms with Gasteiger partial charge in [0, 0.05) is 17.7 Å². The van der Waals surface area contributed by atoms with E-state index >= 15 is 0 Å². The van der Waals surface area contributed by atoms with E-state index in [4.69, 9.17) is 11.6 Å². The number of esters is 1. The molecule has 1 aliphatic rings. The van der Waals surface area contributed by atoms with Crippen molar-refractivity contribution in [3.8, 4) is 0 Å². The van der Waals surface area contributed by atoms with Gasteiger partial charge in [-0.1, -0.05) is 44.1 Å². The Kier molecular flexibility index (Phi) is 11.9. The number of hydrogen-bond acceptors (Lipinski definition) is 4. The molecule has 4 nitrogen and oxygen atoms in total. The summed E-state index contributed by atoms with van der Waals surface area (Å²) in [5, 5.41) is 20.1. The van der Waals surface area contributed by atoms with Crippen LogP contribution in [0.15, 0.2) is 24.3 Å². The monoisotopic (exact) mass is 404 g/mol. The zero-order valence-electron chi connectivity index (χ0n) is 16.4. The normalized spacial score (nSPS) is 28.1. The molecule has 0 aliphatic heterocycles. The lowest BCUT2D eigenvalue weighted by molar-refractivity contribution is -0.140. The summed E-state index contributed by atoms with van der Waals surface area (Å²) in [5.74, 6) is -0.368. The number of aliphatic hydroxyl groups excluding tert-OH is 2. The summed E-state index contributed by atoms with van der Waals surface area (Å²) < 4.78 is 18.5. The van der Waals surface area contributed by atoms with Gasteiger partial charge < -0.3 is 14.9 Å². The fourth-order valence-corrected chi connectivity index (χ4v) is 3.89. The fraction of sp³-hybridized carbons (Fsp3) is 0.762. The Morgan fingerprint density at radius 1 is 1.37 bits per heavy atom. The standard InChI is InChI=1S/C21H34ClFO4/c1-3-4-10-18(23)19(24)13-12-16-15(17(22)14-20(16)25)9-7-5-6-8-11-21(26)27-2/h5,7,12-13,15-20,24-25H,3-4,6,8-11,14H2,1-2H3/t15-,16-,17-,18?,19-,20-/m1/s1. The molecule has 0 saturated heterocycles. The third kappa shape index (κ3) is 8.75. The molecule has 1 aliphatic carbocycles. The number of carbonyl (C=O) groups excluding carboxylic acids is 1. The molecular formula is C21H34ClFO4. The Hall–Kier alpha value is -0.910. The highest BCUT2D eigenvalue weighted by Gasteiger charge is 2.39. The highest BCUT2D eigenvalue weighted by atomic mass is 35.5. The number of unbranched alkanes of at least 4 members (excludes halogenated alkanes) is 2. The SMILES string of the molecule is CCCCC(F)[C@H](O)C=C[C@@H]1[C@@H](CC=CCCCC(=O)OC)[C@H](Cl)C[C@H]1O. The van der Waals surface area contributed by atoms with Crippen molar-refractivity contribution >= 4 is 17.6 Å². The van der Waals surface area contributed by atoms with E-state index in [9.17, 15) is 19.4 Å². The molecule has 0 amide bonds. The molecule has 1 rings (SSSR count). The van der Waals surface area contributed by atoms with Gasteiger partial charge in [0.1, 0.15) is 12.3 Å². The van der Waals surface area contributed by atoms with Gasteiger partial charge in [0.2, 0.25) is 0 Å². The van der Waals surface area contributed by atoms with Gasteiger partial charge in [-0.3, -0.25) is 4.79 Å². The number of allylic oxidation sites excluding steroid dienone is 2. The van der Waals surface area contributed by atoms with Gasteiger partial charge in [-0.25, -0.2) is 4.39 Å². The number of halogens is 2. The smallest absolute Gasteiger partial charge is 0.305 e. The fourth-order valence-electron chi connectivity index (χ4n) is 3.43. The summed E-state index contributed by atoms with van der Waals surface area (Å²) in [5.41, 5.74) is 0. The van der Waals surface area contributed by atoms with E-state index < -0.39 is 18.4 Å². The van der Waals surface area contributed by atoms with Crippen molar-refractivity contribution in [3.63, 3.8) is 0 Å². The second kappa shape index (κ2) is 13.3. The quantitative estimate of drug-likeness (QED) is 0.220. The predicted molar refractivity (Wildman–Crippen MR) is 106 cm³/mol. The van der Waals surface area contributed by atoms with Crippen LogP contribution in [0.3, 0.4) is 0 Å². The average Bonchev–Trinajstić information content (AvgIpc) is 2.92. The molecule has 0 spiro atoms. The molecule has 156 valence electrons. The van der Waals surface area contributed by atoms with Crippen LogP contribution in [-0.2, 0) is 9.53 Å². The van der Waals surface area contributed by atoms with Crippen molar-refractivity contribution < 1.29 is 24.1 Å². The van der Waals surface area contributed by atoms with E-state index in [0.717, 1.165) is 25.7 Å². The molecule has 6 atom stereocenters. The highest BCUT2D eigenvalue weighted by molar-refractivity contribution is 6.21. The van der Waals surface area contributed by atoms with Crippen LogP contribution in [0.25, 0.3) is 0 Å². The highest BCUT2D eigenvalue weighted by Crippen LogP contribution is 2.39. The van der Waals surface area contributed by atoms with E-state index in [0.29, 0.717) is 25.7 Å². The molecule has 0 heterocycles. The zero-order chi connectivity index (χ0) is 20.2. The van der Waals surface area contributed by atoms with Crippen LogP contribution in [-0.4, -0.2) is 47.0 Å². The first-order valence-electron chi connectivity index (χ1n) is 9.95. The largest absolute Gasteiger partial charge is 0.469 e. The lowest BCUT2D eigenvalue weighted by atomic mass is 9.90. The first-order chi connectivity index (χ1) is 12.9. The maximum atomic E-state index is 13.9. The zero-order valence-corrected chi connectivity index (χ0v) is 17.2. The van der Waals surface area contributed by atoms with Gasteiger partial charge in [-0.15, -0.1) is 11.6 Å². The van der Waals surface area contributed by atoms with E-state index in [1.54, 1.807) is 6.08 Å². The third-order valence-corrected chi connectivity index (χ3v) is 5.66. The molecule has 0 aromatic heterocycles. The first kappa shape index (κ1) is 24.1. The maximum absolute atomic E-state index is 13.9. The molecule has 1 saturated carbocycles. The van der Waals surface area contributed by atoms with Crippen LogP contribution >= 0.6 is 11.6 Å². The summed E-state index contributed by atoms with van der Waals surface area (Å²) in [6.45, 7) is 1.98. The van der Waals surface area contributed by atoms with Crippen LogP contribution < -0.4 is 0 Å². The Morgan fingerprint density at radius 2 is 2.11 bits per heavy atom. The van der Waals surface area contributed by atoms with Crippen molar-refractivity contribution in [3.05, 3.63) is 24.3 Å².